The van der Waals surface area contributed by atoms with Gasteiger partial charge >= 0.3 is 0 Å². The van der Waals surface area contributed by atoms with Gasteiger partial charge in [-0.25, -0.2) is 13.1 Å². The predicted molar refractivity (Wildman–Crippen MR) is 84.1 cm³/mol. The third-order valence-electron chi connectivity index (χ3n) is 3.75. The number of ether oxygens (including phenoxy) is 1. The predicted octanol–water partition coefficient (Wildman–Crippen LogP) is 1.16. The van der Waals surface area contributed by atoms with Crippen LogP contribution in [0.5, 0.6) is 5.75 Å². The summed E-state index contributed by atoms with van der Waals surface area (Å²) in [5.41, 5.74) is 1.10. The van der Waals surface area contributed by atoms with Crippen molar-refractivity contribution in [2.24, 2.45) is 5.92 Å². The molecule has 2 N–H and O–H groups in total. The first-order chi connectivity index (χ1) is 10.1. The normalized spacial score (nSPS) is 19.4. The van der Waals surface area contributed by atoms with Crippen molar-refractivity contribution in [1.29, 1.82) is 0 Å². The highest BCUT2D eigenvalue weighted by molar-refractivity contribution is 7.89. The summed E-state index contributed by atoms with van der Waals surface area (Å²) in [7, 11) is -1.55. The van der Waals surface area contributed by atoms with Crippen LogP contribution in [-0.2, 0) is 16.4 Å². The zero-order valence-electron chi connectivity index (χ0n) is 12.5. The molecule has 1 unspecified atom stereocenters. The van der Waals surface area contributed by atoms with Gasteiger partial charge in [0, 0.05) is 6.54 Å². The summed E-state index contributed by atoms with van der Waals surface area (Å²) >= 11 is 0. The van der Waals surface area contributed by atoms with Gasteiger partial charge in [-0.1, -0.05) is 12.1 Å². The van der Waals surface area contributed by atoms with Crippen LogP contribution in [0.3, 0.4) is 0 Å². The Morgan fingerprint density at radius 1 is 1.33 bits per heavy atom. The van der Waals surface area contributed by atoms with Crippen molar-refractivity contribution in [3.8, 4) is 5.75 Å². The number of nitrogens with one attached hydrogen (secondary N) is 2. The first-order valence-electron chi connectivity index (χ1n) is 7.40. The van der Waals surface area contributed by atoms with E-state index < -0.39 is 10.0 Å². The van der Waals surface area contributed by atoms with Crippen LogP contribution in [0, 0.1) is 5.92 Å². The number of sulfonamides is 1. The highest BCUT2D eigenvalue weighted by Gasteiger charge is 2.20. The van der Waals surface area contributed by atoms with Gasteiger partial charge in [0.2, 0.25) is 10.0 Å². The second kappa shape index (κ2) is 7.77. The van der Waals surface area contributed by atoms with E-state index in [1.165, 1.54) is 0 Å². The first-order valence-corrected chi connectivity index (χ1v) is 9.05. The summed E-state index contributed by atoms with van der Waals surface area (Å²) < 4.78 is 31.9. The fraction of sp³-hybridized carbons (Fsp3) is 0.600. The molecule has 1 aromatic rings. The molecule has 0 spiro atoms. The van der Waals surface area contributed by atoms with Crippen molar-refractivity contribution in [2.45, 2.75) is 19.3 Å². The van der Waals surface area contributed by atoms with Crippen molar-refractivity contribution >= 4 is 10.0 Å². The SMILES string of the molecule is COc1ccc(CCNS(=O)(=O)CC2CCCNC2)cc1. The molecule has 0 aromatic heterocycles. The maximum absolute atomic E-state index is 12.0. The number of methoxy groups -OCH3 is 1. The van der Waals surface area contributed by atoms with Gasteiger partial charge in [0.15, 0.2) is 0 Å². The second-order valence-corrected chi connectivity index (χ2v) is 7.34. The Hall–Kier alpha value is -1.11. The zero-order valence-corrected chi connectivity index (χ0v) is 13.3. The van der Waals surface area contributed by atoms with E-state index in [9.17, 15) is 8.42 Å². The van der Waals surface area contributed by atoms with Gasteiger partial charge in [0.25, 0.3) is 0 Å². The second-order valence-electron chi connectivity index (χ2n) is 5.49. The van der Waals surface area contributed by atoms with Crippen LogP contribution in [0.4, 0.5) is 0 Å². The molecule has 1 aliphatic heterocycles. The van der Waals surface area contributed by atoms with Gasteiger partial charge < -0.3 is 10.1 Å². The van der Waals surface area contributed by atoms with Crippen molar-refractivity contribution in [3.63, 3.8) is 0 Å². The van der Waals surface area contributed by atoms with Crippen LogP contribution in [-0.4, -0.2) is 40.9 Å². The van der Waals surface area contributed by atoms with Gasteiger partial charge in [-0.2, -0.15) is 0 Å². The monoisotopic (exact) mass is 312 g/mol. The number of rotatable bonds is 7. The molecule has 0 radical (unpaired) electrons. The molecular formula is C15H24N2O3S. The fourth-order valence-corrected chi connectivity index (χ4v) is 4.01. The standard InChI is InChI=1S/C15H24N2O3S/c1-20-15-6-4-13(5-7-15)8-10-17-21(18,19)12-14-3-2-9-16-11-14/h4-7,14,16-17H,2-3,8-12H2,1H3. The molecule has 1 atom stereocenters. The smallest absolute Gasteiger partial charge is 0.211 e. The average Bonchev–Trinajstić information content (AvgIpc) is 2.48. The van der Waals surface area contributed by atoms with E-state index in [1.807, 2.05) is 24.3 Å². The molecule has 0 aliphatic carbocycles. The Labute approximate surface area is 127 Å². The highest BCUT2D eigenvalue weighted by atomic mass is 32.2. The summed E-state index contributed by atoms with van der Waals surface area (Å²) in [6.45, 7) is 2.25. The van der Waals surface area contributed by atoms with E-state index in [1.54, 1.807) is 7.11 Å². The minimum absolute atomic E-state index is 0.225. The third-order valence-corrected chi connectivity index (χ3v) is 5.30. The van der Waals surface area contributed by atoms with Gasteiger partial charge in [0.05, 0.1) is 12.9 Å². The Bertz CT molecular complexity index is 522. The lowest BCUT2D eigenvalue weighted by atomic mass is 10.0. The molecule has 5 nitrogen and oxygen atoms in total. The maximum atomic E-state index is 12.0. The summed E-state index contributed by atoms with van der Waals surface area (Å²) in [5.74, 6) is 1.27. The quantitative estimate of drug-likeness (QED) is 0.793. The molecule has 1 fully saturated rings. The first kappa shape index (κ1) is 16.3. The topological polar surface area (TPSA) is 67.4 Å². The van der Waals surface area contributed by atoms with Crippen LogP contribution >= 0.6 is 0 Å². The van der Waals surface area contributed by atoms with Gasteiger partial charge in [0.1, 0.15) is 5.75 Å². The molecule has 2 rings (SSSR count). The lowest BCUT2D eigenvalue weighted by molar-refractivity contribution is 0.403. The minimum Gasteiger partial charge on any atom is -0.497 e. The molecule has 1 saturated heterocycles. The minimum atomic E-state index is -3.18. The maximum Gasteiger partial charge on any atom is 0.211 e. The van der Waals surface area contributed by atoms with E-state index in [4.69, 9.17) is 4.74 Å². The van der Waals surface area contributed by atoms with Crippen LogP contribution in [0.1, 0.15) is 18.4 Å². The molecular weight excluding hydrogens is 288 g/mol. The Kier molecular flexibility index (Phi) is 6.02. The van der Waals surface area contributed by atoms with Gasteiger partial charge in [-0.05, 0) is 56.0 Å². The molecule has 0 bridgehead atoms. The van der Waals surface area contributed by atoms with E-state index in [0.29, 0.717) is 13.0 Å². The van der Waals surface area contributed by atoms with Crippen LogP contribution in [0.25, 0.3) is 0 Å². The molecule has 1 heterocycles. The average molecular weight is 312 g/mol. The van der Waals surface area contributed by atoms with Crippen molar-refractivity contribution in [1.82, 2.24) is 10.0 Å². The summed E-state index contributed by atoms with van der Waals surface area (Å²) in [6, 6.07) is 7.69. The summed E-state index contributed by atoms with van der Waals surface area (Å²) in [4.78, 5) is 0. The molecule has 118 valence electrons. The van der Waals surface area contributed by atoms with Crippen molar-refractivity contribution in [2.75, 3.05) is 32.5 Å². The van der Waals surface area contributed by atoms with Crippen LogP contribution < -0.4 is 14.8 Å². The van der Waals surface area contributed by atoms with Gasteiger partial charge in [-0.15, -0.1) is 0 Å². The fourth-order valence-electron chi connectivity index (χ4n) is 2.58. The zero-order chi connectivity index (χ0) is 15.1. The lowest BCUT2D eigenvalue weighted by Crippen LogP contribution is -2.38. The third kappa shape index (κ3) is 5.65. The number of benzene rings is 1. The molecule has 1 aromatic carbocycles. The van der Waals surface area contributed by atoms with Crippen LogP contribution in [0.2, 0.25) is 0 Å². The number of hydrogen-bond donors (Lipinski definition) is 2. The Morgan fingerprint density at radius 2 is 2.10 bits per heavy atom. The van der Waals surface area contributed by atoms with Crippen LogP contribution in [0.15, 0.2) is 24.3 Å². The Morgan fingerprint density at radius 3 is 2.71 bits per heavy atom. The summed E-state index contributed by atoms with van der Waals surface area (Å²) in [6.07, 6.45) is 2.74. The van der Waals surface area contributed by atoms with Crippen molar-refractivity contribution < 1.29 is 13.2 Å². The molecule has 21 heavy (non-hydrogen) atoms. The van der Waals surface area contributed by atoms with Gasteiger partial charge in [-0.3, -0.25) is 0 Å². The van der Waals surface area contributed by atoms with Crippen molar-refractivity contribution in [3.05, 3.63) is 29.8 Å². The van der Waals surface area contributed by atoms with E-state index >= 15 is 0 Å². The molecule has 6 heteroatoms. The van der Waals surface area contributed by atoms with E-state index in [0.717, 1.165) is 37.2 Å². The van der Waals surface area contributed by atoms with E-state index in [2.05, 4.69) is 10.0 Å². The molecule has 1 aliphatic rings. The van der Waals surface area contributed by atoms with E-state index in [-0.39, 0.29) is 11.7 Å². The Balaban J connectivity index is 1.75. The summed E-state index contributed by atoms with van der Waals surface area (Å²) in [5, 5.41) is 3.25. The molecule has 0 amide bonds. The number of hydrogen-bond acceptors (Lipinski definition) is 4. The largest absolute Gasteiger partial charge is 0.497 e. The molecule has 0 saturated carbocycles. The number of piperidine rings is 1. The lowest BCUT2D eigenvalue weighted by Gasteiger charge is -2.22. The highest BCUT2D eigenvalue weighted by Crippen LogP contribution is 2.13.